The van der Waals surface area contributed by atoms with Gasteiger partial charge in [0.1, 0.15) is 6.04 Å². The number of carbonyl (C=O) groups excluding carboxylic acids is 2. The third kappa shape index (κ3) is 3.33. The minimum absolute atomic E-state index is 0.191. The van der Waals surface area contributed by atoms with Gasteiger partial charge in [-0.15, -0.1) is 0 Å². The summed E-state index contributed by atoms with van der Waals surface area (Å²) in [4.78, 5) is 24.7. The Morgan fingerprint density at radius 3 is 2.04 bits per heavy atom. The molecule has 0 fully saturated rings. The van der Waals surface area contributed by atoms with Crippen LogP contribution >= 0.6 is 0 Å². The van der Waals surface area contributed by atoms with Crippen molar-refractivity contribution in [3.8, 4) is 11.1 Å². The minimum atomic E-state index is -0.706. The van der Waals surface area contributed by atoms with Crippen LogP contribution < -0.4 is 11.1 Å². The fourth-order valence-electron chi connectivity index (χ4n) is 3.29. The van der Waals surface area contributed by atoms with Crippen molar-refractivity contribution in [2.24, 2.45) is 5.73 Å². The number of hydrogen-bond donors (Lipinski definition) is 2. The zero-order valence-corrected chi connectivity index (χ0v) is 14.5. The van der Waals surface area contributed by atoms with Gasteiger partial charge < -0.3 is 11.1 Å². The number of benzene rings is 2. The molecule has 0 heterocycles. The molecule has 1 aliphatic carbocycles. The summed E-state index contributed by atoms with van der Waals surface area (Å²) in [5.41, 5.74) is 10.6. The second-order valence-electron chi connectivity index (χ2n) is 6.59. The Morgan fingerprint density at radius 2 is 1.56 bits per heavy atom. The SMILES string of the molecule is CC(C)=CC[C@@H](NC(=O)C1c2ccccc2-c2ccccc21)C(N)=O. The summed E-state index contributed by atoms with van der Waals surface area (Å²) in [7, 11) is 0. The van der Waals surface area contributed by atoms with E-state index in [1.807, 2.05) is 68.5 Å². The standard InChI is InChI=1S/C21H22N2O2/c1-13(2)11-12-18(20(22)24)23-21(25)19-16-9-5-3-7-14(16)15-8-4-6-10-17(15)19/h3-11,18-19H,12H2,1-2H3,(H2,22,24)(H,23,25)/t18-/m1/s1. The van der Waals surface area contributed by atoms with Crippen LogP contribution in [-0.4, -0.2) is 17.9 Å². The molecule has 2 amide bonds. The number of carbonyl (C=O) groups is 2. The molecule has 2 aromatic carbocycles. The summed E-state index contributed by atoms with van der Waals surface area (Å²) in [6, 6.07) is 15.1. The van der Waals surface area contributed by atoms with Gasteiger partial charge in [0, 0.05) is 0 Å². The van der Waals surface area contributed by atoms with Crippen molar-refractivity contribution in [3.05, 3.63) is 71.3 Å². The highest BCUT2D eigenvalue weighted by molar-refractivity contribution is 5.98. The molecule has 4 heteroatoms. The maximum Gasteiger partial charge on any atom is 0.240 e. The number of primary amides is 1. The number of nitrogens with one attached hydrogen (secondary N) is 1. The predicted molar refractivity (Wildman–Crippen MR) is 98.9 cm³/mol. The Hall–Kier alpha value is -2.88. The zero-order chi connectivity index (χ0) is 18.0. The molecular weight excluding hydrogens is 312 g/mol. The first-order valence-corrected chi connectivity index (χ1v) is 8.40. The van der Waals surface area contributed by atoms with Crippen LogP contribution in [-0.2, 0) is 9.59 Å². The Bertz CT molecular complexity index is 805. The second-order valence-corrected chi connectivity index (χ2v) is 6.59. The lowest BCUT2D eigenvalue weighted by atomic mass is 9.95. The topological polar surface area (TPSA) is 72.2 Å². The van der Waals surface area contributed by atoms with Gasteiger partial charge in [-0.25, -0.2) is 0 Å². The molecule has 0 radical (unpaired) electrons. The molecule has 0 saturated heterocycles. The molecule has 0 bridgehead atoms. The van der Waals surface area contributed by atoms with Crippen LogP contribution in [0.25, 0.3) is 11.1 Å². The van der Waals surface area contributed by atoms with Crippen molar-refractivity contribution in [1.82, 2.24) is 5.32 Å². The van der Waals surface area contributed by atoms with Crippen LogP contribution in [0.1, 0.15) is 37.3 Å². The average molecular weight is 334 g/mol. The lowest BCUT2D eigenvalue weighted by Crippen LogP contribution is -2.45. The van der Waals surface area contributed by atoms with Gasteiger partial charge in [0.25, 0.3) is 0 Å². The normalized spacial score (nSPS) is 13.5. The van der Waals surface area contributed by atoms with Gasteiger partial charge in [-0.3, -0.25) is 9.59 Å². The van der Waals surface area contributed by atoms with Gasteiger partial charge >= 0.3 is 0 Å². The van der Waals surface area contributed by atoms with Crippen molar-refractivity contribution in [1.29, 1.82) is 0 Å². The largest absolute Gasteiger partial charge is 0.368 e. The monoisotopic (exact) mass is 334 g/mol. The highest BCUT2D eigenvalue weighted by Gasteiger charge is 2.34. The summed E-state index contributed by atoms with van der Waals surface area (Å²) in [5.74, 6) is -1.13. The number of rotatable bonds is 5. The summed E-state index contributed by atoms with van der Waals surface area (Å²) in [6.07, 6.45) is 2.31. The molecule has 0 aromatic heterocycles. The first kappa shape index (κ1) is 17.0. The Kier molecular flexibility index (Phi) is 4.70. The lowest BCUT2D eigenvalue weighted by Gasteiger charge is -2.19. The third-order valence-electron chi connectivity index (χ3n) is 4.52. The first-order valence-electron chi connectivity index (χ1n) is 8.40. The van der Waals surface area contributed by atoms with Gasteiger partial charge in [0.05, 0.1) is 5.92 Å². The fraction of sp³-hybridized carbons (Fsp3) is 0.238. The molecule has 0 saturated carbocycles. The summed E-state index contributed by atoms with van der Waals surface area (Å²) >= 11 is 0. The van der Waals surface area contributed by atoms with Crippen LogP contribution in [0.2, 0.25) is 0 Å². The maximum atomic E-state index is 13.0. The quantitative estimate of drug-likeness (QED) is 0.825. The Labute approximate surface area is 147 Å². The van der Waals surface area contributed by atoms with Gasteiger partial charge in [-0.1, -0.05) is 60.2 Å². The molecular formula is C21H22N2O2. The Morgan fingerprint density at radius 1 is 1.04 bits per heavy atom. The molecule has 0 spiro atoms. The van der Waals surface area contributed by atoms with Crippen LogP contribution in [0.5, 0.6) is 0 Å². The highest BCUT2D eigenvalue weighted by Crippen LogP contribution is 2.44. The van der Waals surface area contributed by atoms with Crippen LogP contribution in [0, 0.1) is 0 Å². The minimum Gasteiger partial charge on any atom is -0.368 e. The van der Waals surface area contributed by atoms with Crippen LogP contribution in [0.3, 0.4) is 0 Å². The molecule has 2 aromatic rings. The molecule has 128 valence electrons. The van der Waals surface area contributed by atoms with Crippen molar-refractivity contribution < 1.29 is 9.59 Å². The molecule has 3 rings (SSSR count). The molecule has 3 N–H and O–H groups in total. The summed E-state index contributed by atoms with van der Waals surface area (Å²) in [6.45, 7) is 3.90. The number of nitrogens with two attached hydrogens (primary N) is 1. The third-order valence-corrected chi connectivity index (χ3v) is 4.52. The first-order chi connectivity index (χ1) is 12.0. The van der Waals surface area contributed by atoms with Crippen molar-refractivity contribution in [3.63, 3.8) is 0 Å². The molecule has 1 atom stereocenters. The fourth-order valence-corrected chi connectivity index (χ4v) is 3.29. The van der Waals surface area contributed by atoms with E-state index in [1.54, 1.807) is 0 Å². The van der Waals surface area contributed by atoms with E-state index in [0.29, 0.717) is 6.42 Å². The van der Waals surface area contributed by atoms with Crippen molar-refractivity contribution >= 4 is 11.8 Å². The Balaban J connectivity index is 1.91. The molecule has 0 unspecified atom stereocenters. The highest BCUT2D eigenvalue weighted by atomic mass is 16.2. The number of fused-ring (bicyclic) bond motifs is 3. The van der Waals surface area contributed by atoms with E-state index in [-0.39, 0.29) is 5.91 Å². The number of hydrogen-bond acceptors (Lipinski definition) is 2. The van der Waals surface area contributed by atoms with E-state index in [1.165, 1.54) is 0 Å². The molecule has 4 nitrogen and oxygen atoms in total. The van der Waals surface area contributed by atoms with Gasteiger partial charge in [0.15, 0.2) is 0 Å². The molecule has 1 aliphatic rings. The maximum absolute atomic E-state index is 13.0. The van der Waals surface area contributed by atoms with Crippen LogP contribution in [0.4, 0.5) is 0 Å². The van der Waals surface area contributed by atoms with Gasteiger partial charge in [0.2, 0.25) is 11.8 Å². The lowest BCUT2D eigenvalue weighted by molar-refractivity contribution is -0.127. The van der Waals surface area contributed by atoms with E-state index in [9.17, 15) is 9.59 Å². The van der Waals surface area contributed by atoms with Crippen molar-refractivity contribution in [2.45, 2.75) is 32.2 Å². The van der Waals surface area contributed by atoms with E-state index in [4.69, 9.17) is 5.73 Å². The van der Waals surface area contributed by atoms with Gasteiger partial charge in [-0.05, 0) is 42.5 Å². The number of amides is 2. The zero-order valence-electron chi connectivity index (χ0n) is 14.5. The van der Waals surface area contributed by atoms with E-state index >= 15 is 0 Å². The van der Waals surface area contributed by atoms with Crippen molar-refractivity contribution in [2.75, 3.05) is 0 Å². The van der Waals surface area contributed by atoms with E-state index in [2.05, 4.69) is 5.32 Å². The molecule has 0 aliphatic heterocycles. The van der Waals surface area contributed by atoms with Gasteiger partial charge in [-0.2, -0.15) is 0 Å². The smallest absolute Gasteiger partial charge is 0.240 e. The molecule has 25 heavy (non-hydrogen) atoms. The number of allylic oxidation sites excluding steroid dienone is 1. The summed E-state index contributed by atoms with van der Waals surface area (Å²) in [5, 5.41) is 2.84. The van der Waals surface area contributed by atoms with Crippen LogP contribution in [0.15, 0.2) is 60.2 Å². The van der Waals surface area contributed by atoms with E-state index < -0.39 is 17.9 Å². The summed E-state index contributed by atoms with van der Waals surface area (Å²) < 4.78 is 0. The average Bonchev–Trinajstić information content (AvgIpc) is 2.92. The van der Waals surface area contributed by atoms with E-state index in [0.717, 1.165) is 27.8 Å². The second kappa shape index (κ2) is 6.93. The predicted octanol–water partition coefficient (Wildman–Crippen LogP) is 3.13.